The quantitative estimate of drug-likeness (QED) is 0.157. The zero-order valence-electron chi connectivity index (χ0n) is 23.9. The predicted molar refractivity (Wildman–Crippen MR) is 163 cm³/mol. The van der Waals surface area contributed by atoms with Crippen LogP contribution in [-0.4, -0.2) is 45.8 Å². The second-order valence-electron chi connectivity index (χ2n) is 10.2. The molecule has 43 heavy (non-hydrogen) atoms. The highest BCUT2D eigenvalue weighted by Crippen LogP contribution is 2.19. The van der Waals surface area contributed by atoms with Crippen LogP contribution in [0.1, 0.15) is 47.0 Å². The second-order valence-corrected chi connectivity index (χ2v) is 11.3. The van der Waals surface area contributed by atoms with Gasteiger partial charge in [-0.15, -0.1) is 10.2 Å². The molecule has 1 aromatic heterocycles. The molecule has 0 spiro atoms. The molecule has 0 bridgehead atoms. The molecular weight excluding hydrogens is 572 g/mol. The molecule has 0 saturated carbocycles. The van der Waals surface area contributed by atoms with Crippen LogP contribution in [0.5, 0.6) is 0 Å². The van der Waals surface area contributed by atoms with E-state index in [1.54, 1.807) is 0 Å². The maximum atomic E-state index is 13.8. The number of anilines is 1. The van der Waals surface area contributed by atoms with Gasteiger partial charge in [0.15, 0.2) is 0 Å². The number of halogens is 2. The molecule has 0 aliphatic heterocycles. The number of aromatic nitrogens is 2. The number of nitrogens with zero attached hydrogens (tertiary/aromatic N) is 2. The van der Waals surface area contributed by atoms with E-state index in [1.807, 2.05) is 48.5 Å². The molecule has 0 unspecified atom stereocenters. The van der Waals surface area contributed by atoms with Gasteiger partial charge < -0.3 is 21.1 Å². The maximum Gasteiger partial charge on any atom is 0.226 e. The van der Waals surface area contributed by atoms with Crippen LogP contribution in [0.4, 0.5) is 13.9 Å². The summed E-state index contributed by atoms with van der Waals surface area (Å²) in [4.78, 5) is 25.3. The van der Waals surface area contributed by atoms with Crippen LogP contribution in [0.25, 0.3) is 0 Å². The molecule has 0 radical (unpaired) electrons. The molecule has 4 rings (SSSR count). The van der Waals surface area contributed by atoms with Crippen LogP contribution < -0.4 is 16.0 Å². The number of aryl methyl sites for hydroxylation is 1. The van der Waals surface area contributed by atoms with Gasteiger partial charge >= 0.3 is 0 Å². The van der Waals surface area contributed by atoms with Crippen molar-refractivity contribution in [2.45, 2.75) is 57.7 Å². The van der Waals surface area contributed by atoms with Crippen molar-refractivity contribution in [2.75, 3.05) is 11.9 Å². The molecule has 8 nitrogen and oxygen atoms in total. The monoisotopic (exact) mass is 607 g/mol. The molecule has 2 amide bonds. The number of aliphatic hydroxyl groups excluding tert-OH is 1. The van der Waals surface area contributed by atoms with Gasteiger partial charge in [-0.2, -0.15) is 0 Å². The first-order chi connectivity index (χ1) is 20.8. The highest BCUT2D eigenvalue weighted by atomic mass is 32.1. The third kappa shape index (κ3) is 10.6. The number of aliphatic hydroxyl groups is 1. The standard InChI is InChI=1S/C32H35F2N5O3S/c1-2-21-9-6-10-23(13-21)19-35-20-28(40)27(16-24-14-25(33)18-26(34)15-24)36-29(41)11-12-30(42)37-32-39-38-31(43-32)17-22-7-4-3-5-8-22/h3-10,13-15,18,27-28,35,40H,2,11-12,16-17,19-20H2,1H3,(H,36,41)(H,37,39,42)/t27-,28+/m0/s1. The molecule has 3 aromatic carbocycles. The first-order valence-electron chi connectivity index (χ1n) is 14.1. The zero-order valence-corrected chi connectivity index (χ0v) is 24.7. The summed E-state index contributed by atoms with van der Waals surface area (Å²) in [5, 5.41) is 28.8. The molecule has 0 fully saturated rings. The molecule has 4 N–H and O–H groups in total. The first kappa shape index (κ1) is 31.9. The first-order valence-corrected chi connectivity index (χ1v) is 15.0. The number of hydrogen-bond donors (Lipinski definition) is 4. The van der Waals surface area contributed by atoms with E-state index in [9.17, 15) is 23.5 Å². The Morgan fingerprint density at radius 2 is 1.56 bits per heavy atom. The molecule has 2 atom stereocenters. The van der Waals surface area contributed by atoms with Gasteiger partial charge in [-0.05, 0) is 47.2 Å². The summed E-state index contributed by atoms with van der Waals surface area (Å²) in [5.41, 5.74) is 3.61. The van der Waals surface area contributed by atoms with Crippen LogP contribution in [0.3, 0.4) is 0 Å². The summed E-state index contributed by atoms with van der Waals surface area (Å²) in [5.74, 6) is -2.38. The maximum absolute atomic E-state index is 13.8. The minimum atomic E-state index is -1.07. The van der Waals surface area contributed by atoms with Crippen molar-refractivity contribution in [3.05, 3.63) is 112 Å². The van der Waals surface area contributed by atoms with Gasteiger partial charge in [-0.3, -0.25) is 9.59 Å². The largest absolute Gasteiger partial charge is 0.390 e. The van der Waals surface area contributed by atoms with E-state index in [4.69, 9.17) is 0 Å². The summed E-state index contributed by atoms with van der Waals surface area (Å²) >= 11 is 1.26. The summed E-state index contributed by atoms with van der Waals surface area (Å²) in [7, 11) is 0. The Labute approximate surface area is 253 Å². The van der Waals surface area contributed by atoms with E-state index in [0.29, 0.717) is 18.1 Å². The van der Waals surface area contributed by atoms with Gasteiger partial charge in [0.1, 0.15) is 16.6 Å². The topological polar surface area (TPSA) is 116 Å². The fraction of sp³-hybridized carbons (Fsp3) is 0.312. The molecule has 0 aliphatic rings. The smallest absolute Gasteiger partial charge is 0.226 e. The van der Waals surface area contributed by atoms with Gasteiger partial charge in [0.05, 0.1) is 12.1 Å². The van der Waals surface area contributed by atoms with Crippen molar-refractivity contribution in [1.29, 1.82) is 0 Å². The lowest BCUT2D eigenvalue weighted by Gasteiger charge is -2.25. The molecule has 11 heteroatoms. The third-order valence-electron chi connectivity index (χ3n) is 6.76. The Morgan fingerprint density at radius 3 is 2.30 bits per heavy atom. The number of carbonyl (C=O) groups excluding carboxylic acids is 2. The van der Waals surface area contributed by atoms with Crippen LogP contribution in [-0.2, 0) is 35.4 Å². The SMILES string of the molecule is CCc1cccc(CNC[C@@H](O)[C@H](Cc2cc(F)cc(F)c2)NC(=O)CCC(=O)Nc2nnc(Cc3ccccc3)s2)c1. The number of hydrogen-bond acceptors (Lipinski definition) is 7. The molecule has 4 aromatic rings. The Morgan fingerprint density at radius 1 is 0.860 bits per heavy atom. The Hall–Kier alpha value is -4.06. The average molecular weight is 608 g/mol. The zero-order chi connectivity index (χ0) is 30.6. The van der Waals surface area contributed by atoms with E-state index in [1.165, 1.54) is 29.0 Å². The lowest BCUT2D eigenvalue weighted by Crippen LogP contribution is -2.48. The normalized spacial score (nSPS) is 12.5. The number of nitrogens with one attached hydrogen (secondary N) is 3. The van der Waals surface area contributed by atoms with E-state index < -0.39 is 35.6 Å². The lowest BCUT2D eigenvalue weighted by atomic mass is 10.00. The lowest BCUT2D eigenvalue weighted by molar-refractivity contribution is -0.125. The molecule has 226 valence electrons. The van der Waals surface area contributed by atoms with Crippen molar-refractivity contribution >= 4 is 28.3 Å². The van der Waals surface area contributed by atoms with Crippen molar-refractivity contribution in [2.24, 2.45) is 0 Å². The number of amides is 2. The van der Waals surface area contributed by atoms with E-state index in [0.717, 1.165) is 28.6 Å². The van der Waals surface area contributed by atoms with Gasteiger partial charge in [0.25, 0.3) is 0 Å². The summed E-state index contributed by atoms with van der Waals surface area (Å²) in [6, 6.07) is 20.1. The number of carbonyl (C=O) groups is 2. The average Bonchev–Trinajstić information content (AvgIpc) is 3.42. The number of benzene rings is 3. The fourth-order valence-corrected chi connectivity index (χ4v) is 5.36. The second kappa shape index (κ2) is 16.0. The minimum Gasteiger partial charge on any atom is -0.390 e. The van der Waals surface area contributed by atoms with Crippen molar-refractivity contribution in [3.8, 4) is 0 Å². The Kier molecular flexibility index (Phi) is 11.8. The van der Waals surface area contributed by atoms with Crippen LogP contribution in [0.15, 0.2) is 72.8 Å². The van der Waals surface area contributed by atoms with E-state index >= 15 is 0 Å². The Balaban J connectivity index is 1.30. The van der Waals surface area contributed by atoms with E-state index in [2.05, 4.69) is 39.1 Å². The van der Waals surface area contributed by atoms with Gasteiger partial charge in [0.2, 0.25) is 16.9 Å². The van der Waals surface area contributed by atoms with Gasteiger partial charge in [0, 0.05) is 38.4 Å². The van der Waals surface area contributed by atoms with E-state index in [-0.39, 0.29) is 31.4 Å². The summed E-state index contributed by atoms with van der Waals surface area (Å²) < 4.78 is 27.7. The van der Waals surface area contributed by atoms with Crippen molar-refractivity contribution < 1.29 is 23.5 Å². The molecule has 0 saturated heterocycles. The van der Waals surface area contributed by atoms with Gasteiger partial charge in [-0.25, -0.2) is 8.78 Å². The molecular formula is C32H35F2N5O3S. The van der Waals surface area contributed by atoms with Gasteiger partial charge in [-0.1, -0.05) is 72.9 Å². The number of rotatable bonds is 15. The fourth-order valence-electron chi connectivity index (χ4n) is 4.57. The molecule has 1 heterocycles. The van der Waals surface area contributed by atoms with Crippen LogP contribution in [0, 0.1) is 11.6 Å². The predicted octanol–water partition coefficient (Wildman–Crippen LogP) is 4.57. The van der Waals surface area contributed by atoms with Crippen molar-refractivity contribution in [1.82, 2.24) is 20.8 Å². The Bertz CT molecular complexity index is 1480. The third-order valence-corrected chi connectivity index (χ3v) is 7.60. The minimum absolute atomic E-state index is 0.00421. The molecule has 0 aliphatic carbocycles. The van der Waals surface area contributed by atoms with Crippen LogP contribution in [0.2, 0.25) is 0 Å². The van der Waals surface area contributed by atoms with Crippen molar-refractivity contribution in [3.63, 3.8) is 0 Å². The highest BCUT2D eigenvalue weighted by Gasteiger charge is 2.23. The summed E-state index contributed by atoms with van der Waals surface area (Å²) in [6.45, 7) is 2.70. The highest BCUT2D eigenvalue weighted by molar-refractivity contribution is 7.15. The van der Waals surface area contributed by atoms with Crippen LogP contribution >= 0.6 is 11.3 Å². The summed E-state index contributed by atoms with van der Waals surface area (Å²) in [6.07, 6.45) is 0.152.